The maximum atomic E-state index is 11.5. The zero-order valence-electron chi connectivity index (χ0n) is 20.1. The Kier molecular flexibility index (Phi) is 7.76. The van der Waals surface area contributed by atoms with Crippen LogP contribution < -0.4 is 15.8 Å². The van der Waals surface area contributed by atoms with Crippen molar-refractivity contribution < 1.29 is 8.42 Å². The number of benzene rings is 2. The molecule has 0 aliphatic carbocycles. The zero-order valence-corrected chi connectivity index (χ0v) is 21.7. The summed E-state index contributed by atoms with van der Waals surface area (Å²) >= 11 is 6.30. The van der Waals surface area contributed by atoms with Crippen molar-refractivity contribution >= 4 is 39.1 Å². The van der Waals surface area contributed by atoms with Crippen LogP contribution in [0.15, 0.2) is 47.5 Å². The highest BCUT2D eigenvalue weighted by atomic mass is 35.5. The maximum Gasteiger partial charge on any atom is 0.238 e. The van der Waals surface area contributed by atoms with Crippen LogP contribution >= 0.6 is 11.6 Å². The number of aromatic nitrogens is 2. The van der Waals surface area contributed by atoms with Gasteiger partial charge in [0.1, 0.15) is 5.82 Å². The van der Waals surface area contributed by atoms with Crippen molar-refractivity contribution in [1.29, 1.82) is 5.26 Å². The minimum absolute atomic E-state index is 0.0142. The van der Waals surface area contributed by atoms with Crippen molar-refractivity contribution in [2.45, 2.75) is 44.2 Å². The molecule has 0 bridgehead atoms. The molecule has 0 unspecified atom stereocenters. The first-order chi connectivity index (χ1) is 17.1. The third kappa shape index (κ3) is 6.30. The number of rotatable bonds is 7. The first kappa shape index (κ1) is 25.9. The fourth-order valence-electron chi connectivity index (χ4n) is 4.34. The lowest BCUT2D eigenvalue weighted by Gasteiger charge is -2.32. The number of hydrogen-bond acceptors (Lipinski definition) is 8. The smallest absolute Gasteiger partial charge is 0.238 e. The van der Waals surface area contributed by atoms with Crippen LogP contribution in [0.5, 0.6) is 0 Å². The van der Waals surface area contributed by atoms with Crippen molar-refractivity contribution in [2.24, 2.45) is 5.14 Å². The van der Waals surface area contributed by atoms with Crippen molar-refractivity contribution in [3.8, 4) is 6.07 Å². The molecule has 1 aromatic heterocycles. The van der Waals surface area contributed by atoms with Crippen molar-refractivity contribution in [2.75, 3.05) is 23.7 Å². The number of sulfonamides is 1. The molecule has 1 saturated heterocycles. The number of nitrogens with two attached hydrogens (primary N) is 1. The summed E-state index contributed by atoms with van der Waals surface area (Å²) < 4.78 is 23.0. The van der Waals surface area contributed by atoms with E-state index >= 15 is 0 Å². The van der Waals surface area contributed by atoms with Gasteiger partial charge in [0.15, 0.2) is 0 Å². The number of primary sulfonamides is 1. The summed E-state index contributed by atoms with van der Waals surface area (Å²) in [7, 11) is -3.77. The molecule has 0 saturated carbocycles. The van der Waals surface area contributed by atoms with Gasteiger partial charge in [-0.3, -0.25) is 4.90 Å². The Hall–Kier alpha value is -3.23. The number of likely N-dealkylation sites (tertiary alicyclic amines) is 1. The number of nitriles is 1. The molecule has 0 spiro atoms. The molecule has 2 aromatic carbocycles. The van der Waals surface area contributed by atoms with Crippen LogP contribution in [0.4, 0.5) is 17.5 Å². The van der Waals surface area contributed by atoms with Gasteiger partial charge in [0, 0.05) is 42.6 Å². The number of piperidine rings is 1. The molecule has 1 aliphatic heterocycles. The molecule has 36 heavy (non-hydrogen) atoms. The predicted molar refractivity (Wildman–Crippen MR) is 141 cm³/mol. The molecule has 1 aliphatic rings. The van der Waals surface area contributed by atoms with E-state index in [1.165, 1.54) is 12.1 Å². The minimum atomic E-state index is -3.77. The van der Waals surface area contributed by atoms with Gasteiger partial charge in [-0.1, -0.05) is 17.7 Å². The van der Waals surface area contributed by atoms with Gasteiger partial charge in [0.2, 0.25) is 16.0 Å². The van der Waals surface area contributed by atoms with Crippen molar-refractivity contribution in [3.05, 3.63) is 69.9 Å². The standard InChI is InChI=1S/C25H28ClN7O2S/c1-16-11-18(14-27)12-17(2)24(16)31-23-5-8-29-25(32-23)30-20-6-9-33(10-7-20)15-19-3-4-21(13-22(19)26)36(28,34)35/h3-5,8,11-13,20H,6-7,9-10,15H2,1-2H3,(H2,28,34,35)(H2,29,30,31,32). The highest BCUT2D eigenvalue weighted by Crippen LogP contribution is 2.26. The van der Waals surface area contributed by atoms with Crippen molar-refractivity contribution in [3.63, 3.8) is 0 Å². The lowest BCUT2D eigenvalue weighted by molar-refractivity contribution is 0.211. The molecule has 4 N–H and O–H groups in total. The molecule has 1 fully saturated rings. The Morgan fingerprint density at radius 3 is 2.47 bits per heavy atom. The molecule has 0 radical (unpaired) electrons. The minimum Gasteiger partial charge on any atom is -0.351 e. The fourth-order valence-corrected chi connectivity index (χ4v) is 5.19. The van der Waals surface area contributed by atoms with Gasteiger partial charge < -0.3 is 10.6 Å². The number of nitrogens with one attached hydrogen (secondary N) is 2. The molecule has 3 aromatic rings. The molecular weight excluding hydrogens is 498 g/mol. The summed E-state index contributed by atoms with van der Waals surface area (Å²) in [6.45, 7) is 6.27. The van der Waals surface area contributed by atoms with E-state index in [1.807, 2.05) is 32.0 Å². The summed E-state index contributed by atoms with van der Waals surface area (Å²) in [5, 5.41) is 21.5. The lowest BCUT2D eigenvalue weighted by atomic mass is 10.0. The normalized spacial score (nSPS) is 14.9. The van der Waals surface area contributed by atoms with E-state index in [1.54, 1.807) is 12.3 Å². The second-order valence-electron chi connectivity index (χ2n) is 8.98. The van der Waals surface area contributed by atoms with Crippen LogP contribution in [0.25, 0.3) is 0 Å². The Morgan fingerprint density at radius 2 is 1.86 bits per heavy atom. The summed E-state index contributed by atoms with van der Waals surface area (Å²) in [5.74, 6) is 1.24. The quantitative estimate of drug-likeness (QED) is 0.419. The van der Waals surface area contributed by atoms with E-state index in [0.717, 1.165) is 48.3 Å². The molecule has 0 amide bonds. The first-order valence-electron chi connectivity index (χ1n) is 11.5. The monoisotopic (exact) mass is 525 g/mol. The summed E-state index contributed by atoms with van der Waals surface area (Å²) in [6, 6.07) is 12.5. The molecular formula is C25H28ClN7O2S. The van der Waals surface area contributed by atoms with E-state index in [4.69, 9.17) is 22.0 Å². The van der Waals surface area contributed by atoms with Gasteiger partial charge in [-0.15, -0.1) is 0 Å². The third-order valence-electron chi connectivity index (χ3n) is 6.24. The predicted octanol–water partition coefficient (Wildman–Crippen LogP) is 4.09. The second-order valence-corrected chi connectivity index (χ2v) is 10.9. The van der Waals surface area contributed by atoms with Gasteiger partial charge in [-0.2, -0.15) is 10.2 Å². The van der Waals surface area contributed by atoms with Gasteiger partial charge in [0.05, 0.1) is 16.5 Å². The molecule has 2 heterocycles. The van der Waals surface area contributed by atoms with E-state index in [0.29, 0.717) is 28.9 Å². The highest BCUT2D eigenvalue weighted by Gasteiger charge is 2.21. The van der Waals surface area contributed by atoms with Crippen molar-refractivity contribution in [1.82, 2.24) is 14.9 Å². The number of aryl methyl sites for hydroxylation is 2. The van der Waals surface area contributed by atoms with E-state index in [9.17, 15) is 8.42 Å². The Labute approximate surface area is 216 Å². The van der Waals surface area contributed by atoms with Crippen LogP contribution in [0, 0.1) is 25.2 Å². The summed E-state index contributed by atoms with van der Waals surface area (Å²) in [4.78, 5) is 11.3. The molecule has 188 valence electrons. The van der Waals surface area contributed by atoms with Crippen LogP contribution in [0.2, 0.25) is 5.02 Å². The van der Waals surface area contributed by atoms with Gasteiger partial charge in [-0.25, -0.2) is 18.5 Å². The second kappa shape index (κ2) is 10.8. The SMILES string of the molecule is Cc1cc(C#N)cc(C)c1Nc1ccnc(NC2CCN(Cc3ccc(S(N)(=O)=O)cc3Cl)CC2)n1. The number of hydrogen-bond donors (Lipinski definition) is 3. The molecule has 11 heteroatoms. The topological polar surface area (TPSA) is 137 Å². The number of halogens is 1. The number of nitrogens with zero attached hydrogens (tertiary/aromatic N) is 4. The van der Waals surface area contributed by atoms with E-state index in [-0.39, 0.29) is 10.9 Å². The van der Waals surface area contributed by atoms with Crippen LogP contribution in [-0.4, -0.2) is 42.4 Å². The fraction of sp³-hybridized carbons (Fsp3) is 0.320. The van der Waals surface area contributed by atoms with Crippen LogP contribution in [-0.2, 0) is 16.6 Å². The number of anilines is 3. The Bertz CT molecular complexity index is 1390. The Morgan fingerprint density at radius 1 is 1.17 bits per heavy atom. The average molecular weight is 526 g/mol. The summed E-state index contributed by atoms with van der Waals surface area (Å²) in [6.07, 6.45) is 3.53. The van der Waals surface area contributed by atoms with E-state index < -0.39 is 10.0 Å². The van der Waals surface area contributed by atoms with Gasteiger partial charge >= 0.3 is 0 Å². The summed E-state index contributed by atoms with van der Waals surface area (Å²) in [5.41, 5.74) is 4.39. The first-order valence-corrected chi connectivity index (χ1v) is 13.5. The third-order valence-corrected chi connectivity index (χ3v) is 7.50. The lowest BCUT2D eigenvalue weighted by Crippen LogP contribution is -2.39. The zero-order chi connectivity index (χ0) is 25.9. The van der Waals surface area contributed by atoms with Crippen LogP contribution in [0.3, 0.4) is 0 Å². The molecule has 9 nitrogen and oxygen atoms in total. The van der Waals surface area contributed by atoms with Gasteiger partial charge in [-0.05, 0) is 73.7 Å². The van der Waals surface area contributed by atoms with E-state index in [2.05, 4.69) is 31.6 Å². The molecule has 4 rings (SSSR count). The maximum absolute atomic E-state index is 11.5. The largest absolute Gasteiger partial charge is 0.351 e. The van der Waals surface area contributed by atoms with Gasteiger partial charge in [0.25, 0.3) is 0 Å². The van der Waals surface area contributed by atoms with Crippen LogP contribution in [0.1, 0.15) is 35.1 Å². The molecule has 0 atom stereocenters. The highest BCUT2D eigenvalue weighted by molar-refractivity contribution is 7.89. The Balaban J connectivity index is 1.34. The average Bonchev–Trinajstić information content (AvgIpc) is 2.83.